The van der Waals surface area contributed by atoms with Crippen molar-refractivity contribution in [2.45, 2.75) is 30.4 Å². The summed E-state index contributed by atoms with van der Waals surface area (Å²) in [7, 11) is 1.31. The van der Waals surface area contributed by atoms with E-state index in [4.69, 9.17) is 15.2 Å². The summed E-state index contributed by atoms with van der Waals surface area (Å²) in [5.74, 6) is -2.29. The number of nitrogens with zero attached hydrogens (tertiary/aromatic N) is 3. The van der Waals surface area contributed by atoms with Crippen LogP contribution in [0.3, 0.4) is 0 Å². The van der Waals surface area contributed by atoms with Gasteiger partial charge in [-0.05, 0) is 61.2 Å². The third-order valence-electron chi connectivity index (χ3n) is 8.26. The van der Waals surface area contributed by atoms with E-state index in [1.54, 1.807) is 0 Å². The zero-order valence-electron chi connectivity index (χ0n) is 23.3. The van der Waals surface area contributed by atoms with Gasteiger partial charge in [0.15, 0.2) is 0 Å². The van der Waals surface area contributed by atoms with Crippen molar-refractivity contribution in [1.29, 1.82) is 0 Å². The molecule has 0 saturated heterocycles. The lowest BCUT2D eigenvalue weighted by atomic mass is 9.80. The molecule has 10 nitrogen and oxygen atoms in total. The van der Waals surface area contributed by atoms with Gasteiger partial charge in [-0.25, -0.2) is 18.4 Å². The van der Waals surface area contributed by atoms with E-state index in [-0.39, 0.29) is 57.4 Å². The molecular formula is C30H27F4N5O5. The highest BCUT2D eigenvalue weighted by molar-refractivity contribution is 6.00. The Morgan fingerprint density at radius 1 is 1.25 bits per heavy atom. The molecule has 2 atom stereocenters. The van der Waals surface area contributed by atoms with Gasteiger partial charge in [0.1, 0.15) is 52.8 Å². The molecule has 0 unspecified atom stereocenters. The Balaban J connectivity index is 1.39. The fourth-order valence-corrected chi connectivity index (χ4v) is 5.54. The average molecular weight is 614 g/mol. The molecule has 2 aliphatic rings. The molecule has 1 aliphatic carbocycles. The maximum atomic E-state index is 14.5. The fraction of sp³-hybridized carbons (Fsp3) is 0.333. The Bertz CT molecular complexity index is 1780. The van der Waals surface area contributed by atoms with Gasteiger partial charge in [0.2, 0.25) is 5.91 Å². The van der Waals surface area contributed by atoms with Crippen LogP contribution in [0.1, 0.15) is 41.0 Å². The average Bonchev–Trinajstić information content (AvgIpc) is 3.67. The van der Waals surface area contributed by atoms with Crippen LogP contribution in [0.25, 0.3) is 22.2 Å². The van der Waals surface area contributed by atoms with Crippen LogP contribution in [0.2, 0.25) is 0 Å². The SMILES string of the molecule is COc1cc(C(=O)NC[C@](O)(c2cc3c(c(-c4ccc(F)cc4)n2)OC[C@@]3(CF)C(N)=O)C2CC2)cc2cn(C(F)F)nc12. The van der Waals surface area contributed by atoms with Gasteiger partial charge in [0.05, 0.1) is 19.3 Å². The van der Waals surface area contributed by atoms with Crippen molar-refractivity contribution in [2.24, 2.45) is 11.7 Å². The summed E-state index contributed by atoms with van der Waals surface area (Å²) in [6.07, 6.45) is 2.26. The number of nitrogens with two attached hydrogens (primary N) is 1. The number of carbonyl (C=O) groups excluding carboxylic acids is 2. The van der Waals surface area contributed by atoms with Crippen LogP contribution in [0.15, 0.2) is 48.7 Å². The first-order valence-corrected chi connectivity index (χ1v) is 13.7. The maximum Gasteiger partial charge on any atom is 0.333 e. The molecule has 4 N–H and O–H groups in total. The van der Waals surface area contributed by atoms with Gasteiger partial charge in [0.25, 0.3) is 5.91 Å². The lowest BCUT2D eigenvalue weighted by Crippen LogP contribution is -2.46. The minimum absolute atomic E-state index is 0.0363. The molecule has 6 rings (SSSR count). The van der Waals surface area contributed by atoms with E-state index in [0.717, 1.165) is 6.20 Å². The highest BCUT2D eigenvalue weighted by atomic mass is 19.3. The zero-order chi connectivity index (χ0) is 31.4. The van der Waals surface area contributed by atoms with Crippen molar-refractivity contribution >= 4 is 22.7 Å². The van der Waals surface area contributed by atoms with Crippen LogP contribution in [-0.2, 0) is 15.8 Å². The number of hydrogen-bond acceptors (Lipinski definition) is 7. The van der Waals surface area contributed by atoms with E-state index in [0.29, 0.717) is 23.1 Å². The van der Waals surface area contributed by atoms with Gasteiger partial charge in [0, 0.05) is 28.3 Å². The molecule has 230 valence electrons. The van der Waals surface area contributed by atoms with E-state index in [2.05, 4.69) is 15.4 Å². The number of fused-ring (bicyclic) bond motifs is 2. The molecule has 14 heteroatoms. The number of primary amides is 1. The van der Waals surface area contributed by atoms with Gasteiger partial charge < -0.3 is 25.6 Å². The van der Waals surface area contributed by atoms with Crippen molar-refractivity contribution in [3.63, 3.8) is 0 Å². The number of rotatable bonds is 10. The second-order valence-corrected chi connectivity index (χ2v) is 11.0. The summed E-state index contributed by atoms with van der Waals surface area (Å²) in [4.78, 5) is 30.5. The van der Waals surface area contributed by atoms with Gasteiger partial charge >= 0.3 is 6.55 Å². The molecule has 44 heavy (non-hydrogen) atoms. The van der Waals surface area contributed by atoms with Crippen molar-refractivity contribution < 1.29 is 41.7 Å². The van der Waals surface area contributed by atoms with Crippen LogP contribution in [0.5, 0.6) is 11.5 Å². The number of aliphatic hydroxyl groups is 1. The molecule has 1 saturated carbocycles. The smallest absolute Gasteiger partial charge is 0.333 e. The standard InChI is InChI=1S/C30H27F4N5O5/c1-43-21-9-16(8-17-11-39(28(33)34)38-23(17)21)26(40)36-13-30(42,18-4-5-18)22-10-20-25(44-14-29(20,12-31)27(35)41)24(37-22)15-2-6-19(32)7-3-15/h2-3,6-11,18,28,42H,4-5,12-14H2,1H3,(H2,35,41)(H,36,40)/t29-,30-/m1/s1. The molecule has 0 spiro atoms. The number of aromatic nitrogens is 3. The number of alkyl halides is 3. The zero-order valence-corrected chi connectivity index (χ0v) is 23.3. The number of hydrogen-bond donors (Lipinski definition) is 3. The second kappa shape index (κ2) is 10.8. The Morgan fingerprint density at radius 3 is 2.59 bits per heavy atom. The lowest BCUT2D eigenvalue weighted by molar-refractivity contribution is -0.124. The monoisotopic (exact) mass is 613 g/mol. The molecule has 2 aromatic heterocycles. The summed E-state index contributed by atoms with van der Waals surface area (Å²) in [5, 5.41) is 18.8. The maximum absolute atomic E-state index is 14.5. The summed E-state index contributed by atoms with van der Waals surface area (Å²) in [6.45, 7) is -4.80. The van der Waals surface area contributed by atoms with E-state index >= 15 is 0 Å². The van der Waals surface area contributed by atoms with Gasteiger partial charge in [-0.2, -0.15) is 13.9 Å². The van der Waals surface area contributed by atoms with Crippen LogP contribution in [0, 0.1) is 11.7 Å². The summed E-state index contributed by atoms with van der Waals surface area (Å²) in [6, 6.07) is 9.35. The molecular weight excluding hydrogens is 586 g/mol. The van der Waals surface area contributed by atoms with Gasteiger partial charge in [-0.1, -0.05) is 0 Å². The number of nitrogens with one attached hydrogen (secondary N) is 1. The van der Waals surface area contributed by atoms with Gasteiger partial charge in [-0.15, -0.1) is 0 Å². The normalized spacial score (nSPS) is 19.0. The summed E-state index contributed by atoms with van der Waals surface area (Å²) in [5.41, 5.74) is 2.87. The number of carbonyl (C=O) groups is 2. The first-order valence-electron chi connectivity index (χ1n) is 13.7. The summed E-state index contributed by atoms with van der Waals surface area (Å²) < 4.78 is 66.1. The molecule has 4 aromatic rings. The molecule has 3 heterocycles. The third kappa shape index (κ3) is 4.78. The minimum atomic E-state index is -2.89. The Morgan fingerprint density at radius 2 is 1.98 bits per heavy atom. The van der Waals surface area contributed by atoms with E-state index in [1.165, 1.54) is 49.6 Å². The Labute approximate surface area is 247 Å². The van der Waals surface area contributed by atoms with Crippen molar-refractivity contribution in [3.05, 3.63) is 71.3 Å². The Kier molecular flexibility index (Phi) is 7.19. The highest BCUT2D eigenvalue weighted by Crippen LogP contribution is 2.50. The summed E-state index contributed by atoms with van der Waals surface area (Å²) >= 11 is 0. The van der Waals surface area contributed by atoms with Crippen LogP contribution < -0.4 is 20.5 Å². The van der Waals surface area contributed by atoms with Crippen molar-refractivity contribution in [1.82, 2.24) is 20.1 Å². The molecule has 2 aromatic carbocycles. The number of methoxy groups -OCH3 is 1. The molecule has 1 fully saturated rings. The predicted octanol–water partition coefficient (Wildman–Crippen LogP) is 3.75. The minimum Gasteiger partial charge on any atom is -0.494 e. The predicted molar refractivity (Wildman–Crippen MR) is 148 cm³/mol. The molecule has 0 radical (unpaired) electrons. The highest BCUT2D eigenvalue weighted by Gasteiger charge is 2.52. The second-order valence-electron chi connectivity index (χ2n) is 11.0. The van der Waals surface area contributed by atoms with Crippen LogP contribution >= 0.6 is 0 Å². The third-order valence-corrected chi connectivity index (χ3v) is 8.26. The van der Waals surface area contributed by atoms with Gasteiger partial charge in [-0.3, -0.25) is 9.59 Å². The largest absolute Gasteiger partial charge is 0.494 e. The van der Waals surface area contributed by atoms with E-state index in [9.17, 15) is 32.3 Å². The first-order chi connectivity index (χ1) is 21.0. The first kappa shape index (κ1) is 29.4. The van der Waals surface area contributed by atoms with Crippen molar-refractivity contribution in [3.8, 4) is 22.8 Å². The van der Waals surface area contributed by atoms with Crippen molar-refractivity contribution in [2.75, 3.05) is 26.9 Å². The van der Waals surface area contributed by atoms with Crippen LogP contribution in [-0.4, -0.2) is 58.6 Å². The quantitative estimate of drug-likeness (QED) is 0.231. The Hall–Kier alpha value is -4.72. The number of pyridine rings is 1. The molecule has 0 bridgehead atoms. The van der Waals surface area contributed by atoms with E-state index in [1.807, 2.05) is 0 Å². The lowest BCUT2D eigenvalue weighted by Gasteiger charge is -2.30. The number of amides is 2. The fourth-order valence-electron chi connectivity index (χ4n) is 5.54. The number of benzene rings is 2. The number of ether oxygens (including phenoxy) is 2. The molecule has 1 aliphatic heterocycles. The molecule has 2 amide bonds. The number of halogens is 4. The topological polar surface area (TPSA) is 142 Å². The van der Waals surface area contributed by atoms with Crippen LogP contribution in [0.4, 0.5) is 17.6 Å². The van der Waals surface area contributed by atoms with E-state index < -0.39 is 48.5 Å².